The van der Waals surface area contributed by atoms with Gasteiger partial charge in [0.05, 0.1) is 25.6 Å². The normalized spacial score (nSPS) is 11.0. The number of nitrogens with zero attached hydrogens (tertiary/aromatic N) is 2. The fourth-order valence-electron chi connectivity index (χ4n) is 1.90. The molecule has 0 aliphatic heterocycles. The zero-order valence-electron chi connectivity index (χ0n) is 12.3. The second kappa shape index (κ2) is 6.57. The van der Waals surface area contributed by atoms with Crippen molar-refractivity contribution in [3.8, 4) is 0 Å². The summed E-state index contributed by atoms with van der Waals surface area (Å²) in [4.78, 5) is 15.3. The number of carbonyl (C=O) groups is 1. The number of hydrogen-bond donors (Lipinski definition) is 0. The van der Waals surface area contributed by atoms with Crippen LogP contribution in [-0.2, 0) is 21.3 Å². The van der Waals surface area contributed by atoms with Crippen molar-refractivity contribution in [3.63, 3.8) is 0 Å². The molecule has 7 heteroatoms. The first-order valence-electron chi connectivity index (χ1n) is 6.48. The number of hydrogen-bond acceptors (Lipinski definition) is 5. The van der Waals surface area contributed by atoms with Gasteiger partial charge < -0.3 is 4.74 Å². The molecule has 1 aromatic carbocycles. The van der Waals surface area contributed by atoms with Crippen molar-refractivity contribution in [1.82, 2.24) is 4.98 Å². The van der Waals surface area contributed by atoms with Crippen LogP contribution in [-0.4, -0.2) is 32.7 Å². The van der Waals surface area contributed by atoms with E-state index < -0.39 is 16.0 Å². The van der Waals surface area contributed by atoms with Crippen molar-refractivity contribution in [2.75, 3.05) is 17.7 Å². The summed E-state index contributed by atoms with van der Waals surface area (Å²) in [5, 5.41) is 0. The van der Waals surface area contributed by atoms with Crippen molar-refractivity contribution < 1.29 is 17.9 Å². The predicted molar refractivity (Wildman–Crippen MR) is 83.0 cm³/mol. The van der Waals surface area contributed by atoms with E-state index in [0.29, 0.717) is 11.3 Å². The van der Waals surface area contributed by atoms with Gasteiger partial charge in [0.15, 0.2) is 0 Å². The Bertz CT molecular complexity index is 743. The first-order valence-corrected chi connectivity index (χ1v) is 8.32. The Morgan fingerprint density at radius 1 is 1.18 bits per heavy atom. The number of benzene rings is 1. The van der Waals surface area contributed by atoms with Crippen molar-refractivity contribution >= 4 is 21.7 Å². The van der Waals surface area contributed by atoms with Gasteiger partial charge in [-0.2, -0.15) is 0 Å². The Hall–Kier alpha value is -2.41. The number of ether oxygens (including phenoxy) is 1. The van der Waals surface area contributed by atoms with E-state index in [4.69, 9.17) is 0 Å². The highest BCUT2D eigenvalue weighted by molar-refractivity contribution is 7.92. The topological polar surface area (TPSA) is 76.6 Å². The molecule has 1 aromatic heterocycles. The van der Waals surface area contributed by atoms with Gasteiger partial charge in [-0.3, -0.25) is 4.31 Å². The van der Waals surface area contributed by atoms with Crippen LogP contribution in [0.15, 0.2) is 48.7 Å². The molecule has 116 valence electrons. The maximum absolute atomic E-state index is 12.0. The van der Waals surface area contributed by atoms with E-state index in [2.05, 4.69) is 9.72 Å². The molecule has 0 amide bonds. The van der Waals surface area contributed by atoms with Crippen molar-refractivity contribution in [2.45, 2.75) is 6.54 Å². The summed E-state index contributed by atoms with van der Waals surface area (Å²) in [7, 11) is -2.16. The Morgan fingerprint density at radius 3 is 2.36 bits per heavy atom. The van der Waals surface area contributed by atoms with E-state index in [9.17, 15) is 13.2 Å². The van der Waals surface area contributed by atoms with Gasteiger partial charge in [0, 0.05) is 6.20 Å². The molecule has 2 aromatic rings. The lowest BCUT2D eigenvalue weighted by atomic mass is 10.2. The van der Waals surface area contributed by atoms with Crippen LogP contribution in [0.3, 0.4) is 0 Å². The number of anilines is 1. The van der Waals surface area contributed by atoms with Gasteiger partial charge in [0.25, 0.3) is 0 Å². The minimum atomic E-state index is -3.43. The third-order valence-corrected chi connectivity index (χ3v) is 4.13. The predicted octanol–water partition coefficient (Wildman–Crippen LogP) is 1.83. The standard InChI is InChI=1S/C15H16N2O4S/c1-21-15(18)14-9-8-12(10-16-14)11-17(22(2,19)20)13-6-4-3-5-7-13/h3-10H,11H2,1-2H3. The van der Waals surface area contributed by atoms with E-state index in [1.165, 1.54) is 23.7 Å². The molecule has 0 fully saturated rings. The molecule has 0 saturated heterocycles. The zero-order chi connectivity index (χ0) is 16.2. The molecular weight excluding hydrogens is 304 g/mol. The molecule has 0 radical (unpaired) electrons. The highest BCUT2D eigenvalue weighted by Gasteiger charge is 2.18. The Morgan fingerprint density at radius 2 is 1.86 bits per heavy atom. The molecular formula is C15H16N2O4S. The Kier molecular flexibility index (Phi) is 4.77. The molecule has 6 nitrogen and oxygen atoms in total. The zero-order valence-corrected chi connectivity index (χ0v) is 13.1. The lowest BCUT2D eigenvalue weighted by Gasteiger charge is -2.22. The van der Waals surface area contributed by atoms with E-state index in [1.54, 1.807) is 30.3 Å². The SMILES string of the molecule is COC(=O)c1ccc(CN(c2ccccc2)S(C)(=O)=O)cn1. The summed E-state index contributed by atoms with van der Waals surface area (Å²) in [6, 6.07) is 12.0. The monoisotopic (exact) mass is 320 g/mol. The molecule has 22 heavy (non-hydrogen) atoms. The number of esters is 1. The van der Waals surface area contributed by atoms with Crippen LogP contribution in [0.2, 0.25) is 0 Å². The van der Waals surface area contributed by atoms with Gasteiger partial charge >= 0.3 is 5.97 Å². The lowest BCUT2D eigenvalue weighted by Crippen LogP contribution is -2.29. The molecule has 2 rings (SSSR count). The van der Waals surface area contributed by atoms with Crippen LogP contribution in [0.25, 0.3) is 0 Å². The fourth-order valence-corrected chi connectivity index (χ4v) is 2.79. The van der Waals surface area contributed by atoms with E-state index in [-0.39, 0.29) is 12.2 Å². The van der Waals surface area contributed by atoms with Gasteiger partial charge in [-0.25, -0.2) is 18.2 Å². The Balaban J connectivity index is 2.27. The maximum Gasteiger partial charge on any atom is 0.356 e. The van der Waals surface area contributed by atoms with Crippen LogP contribution in [0.4, 0.5) is 5.69 Å². The summed E-state index contributed by atoms with van der Waals surface area (Å²) in [6.45, 7) is 0.136. The van der Waals surface area contributed by atoms with Crippen LogP contribution in [0.1, 0.15) is 16.1 Å². The molecule has 0 bridgehead atoms. The number of para-hydroxylation sites is 1. The molecule has 0 N–H and O–H groups in total. The molecule has 0 spiro atoms. The maximum atomic E-state index is 12.0. The summed E-state index contributed by atoms with van der Waals surface area (Å²) in [5.41, 5.74) is 1.42. The van der Waals surface area contributed by atoms with Gasteiger partial charge in [-0.1, -0.05) is 24.3 Å². The molecule has 1 heterocycles. The summed E-state index contributed by atoms with van der Waals surface area (Å²) < 4.78 is 29.8. The van der Waals surface area contributed by atoms with Crippen molar-refractivity contribution in [3.05, 3.63) is 59.9 Å². The minimum Gasteiger partial charge on any atom is -0.464 e. The molecule has 0 saturated carbocycles. The molecule has 0 atom stereocenters. The molecule has 0 aliphatic carbocycles. The molecule has 0 unspecified atom stereocenters. The van der Waals surface area contributed by atoms with E-state index in [1.807, 2.05) is 6.07 Å². The summed E-state index contributed by atoms with van der Waals surface area (Å²) >= 11 is 0. The third-order valence-electron chi connectivity index (χ3n) is 2.99. The number of carbonyl (C=O) groups excluding carboxylic acids is 1. The summed E-state index contributed by atoms with van der Waals surface area (Å²) in [5.74, 6) is -0.533. The highest BCUT2D eigenvalue weighted by atomic mass is 32.2. The second-order valence-corrected chi connectivity index (χ2v) is 6.56. The van der Waals surface area contributed by atoms with Gasteiger partial charge in [0.1, 0.15) is 5.69 Å². The summed E-state index contributed by atoms with van der Waals surface area (Å²) in [6.07, 6.45) is 2.61. The number of aromatic nitrogens is 1. The van der Waals surface area contributed by atoms with Crippen LogP contribution < -0.4 is 4.31 Å². The van der Waals surface area contributed by atoms with Gasteiger partial charge in [-0.05, 0) is 23.8 Å². The van der Waals surface area contributed by atoms with Gasteiger partial charge in [0.2, 0.25) is 10.0 Å². The van der Waals surface area contributed by atoms with Crippen molar-refractivity contribution in [1.29, 1.82) is 0 Å². The smallest absolute Gasteiger partial charge is 0.356 e. The Labute approximate surface area is 129 Å². The lowest BCUT2D eigenvalue weighted by molar-refractivity contribution is 0.0594. The number of rotatable bonds is 5. The second-order valence-electron chi connectivity index (χ2n) is 4.65. The number of sulfonamides is 1. The van der Waals surface area contributed by atoms with Crippen LogP contribution in [0.5, 0.6) is 0 Å². The van der Waals surface area contributed by atoms with Crippen LogP contribution in [0, 0.1) is 0 Å². The fraction of sp³-hybridized carbons (Fsp3) is 0.200. The number of pyridine rings is 1. The largest absolute Gasteiger partial charge is 0.464 e. The minimum absolute atomic E-state index is 0.136. The highest BCUT2D eigenvalue weighted by Crippen LogP contribution is 2.19. The molecule has 0 aliphatic rings. The average molecular weight is 320 g/mol. The van der Waals surface area contributed by atoms with Crippen molar-refractivity contribution in [2.24, 2.45) is 0 Å². The first-order chi connectivity index (χ1) is 10.4. The van der Waals surface area contributed by atoms with E-state index >= 15 is 0 Å². The van der Waals surface area contributed by atoms with E-state index in [0.717, 1.165) is 6.26 Å². The first kappa shape index (κ1) is 16.0. The van der Waals surface area contributed by atoms with Gasteiger partial charge in [-0.15, -0.1) is 0 Å². The number of methoxy groups -OCH3 is 1. The average Bonchev–Trinajstić information content (AvgIpc) is 2.52. The van der Waals surface area contributed by atoms with Crippen LogP contribution >= 0.6 is 0 Å². The quantitative estimate of drug-likeness (QED) is 0.786. The third kappa shape index (κ3) is 3.82.